The monoisotopic (exact) mass is 423 g/mol. The zero-order valence-corrected chi connectivity index (χ0v) is 16.5. The molecule has 1 fully saturated rings. The number of pyridine rings is 1. The van der Waals surface area contributed by atoms with Gasteiger partial charge in [0.25, 0.3) is 0 Å². The van der Waals surface area contributed by atoms with E-state index >= 15 is 0 Å². The molecule has 0 unspecified atom stereocenters. The van der Waals surface area contributed by atoms with Crippen LogP contribution in [-0.2, 0) is 11.2 Å². The number of carbonyl (C=O) groups is 1. The van der Waals surface area contributed by atoms with Gasteiger partial charge in [-0.25, -0.2) is 13.8 Å². The number of hydrogen-bond donors (Lipinski definition) is 0. The smallest absolute Gasteiger partial charge is 0.223 e. The van der Waals surface area contributed by atoms with Crippen LogP contribution in [0.15, 0.2) is 53.2 Å². The molecule has 1 saturated heterocycles. The van der Waals surface area contributed by atoms with Gasteiger partial charge in [0.15, 0.2) is 23.1 Å². The van der Waals surface area contributed by atoms with Gasteiger partial charge in [-0.05, 0) is 37.1 Å². The highest BCUT2D eigenvalue weighted by Gasteiger charge is 2.33. The highest BCUT2D eigenvalue weighted by atomic mass is 19.1. The molecule has 0 bridgehead atoms. The van der Waals surface area contributed by atoms with Crippen molar-refractivity contribution in [3.63, 3.8) is 0 Å². The number of oxazole rings is 1. The molecule has 0 radical (unpaired) electrons. The average molecular weight is 423 g/mol. The summed E-state index contributed by atoms with van der Waals surface area (Å²) in [5.74, 6) is -0.484. The Hall–Kier alpha value is -3.62. The van der Waals surface area contributed by atoms with E-state index in [4.69, 9.17) is 4.42 Å². The van der Waals surface area contributed by atoms with Crippen molar-refractivity contribution in [2.24, 2.45) is 0 Å². The molecule has 0 aliphatic carbocycles. The van der Waals surface area contributed by atoms with Crippen LogP contribution < -0.4 is 0 Å². The number of hydrogen-bond acceptors (Lipinski definition) is 5. The fraction of sp³-hybridized carbons (Fsp3) is 0.273. The normalized spacial score (nSPS) is 16.3. The Morgan fingerprint density at radius 3 is 2.81 bits per heavy atom. The van der Waals surface area contributed by atoms with Gasteiger partial charge in [0.1, 0.15) is 11.6 Å². The van der Waals surface area contributed by atoms with Crippen molar-refractivity contribution < 1.29 is 18.0 Å². The molecular weight excluding hydrogens is 404 g/mol. The topological polar surface area (TPSA) is 76.5 Å². The molecule has 3 aromatic heterocycles. The minimum absolute atomic E-state index is 0.00651. The van der Waals surface area contributed by atoms with Gasteiger partial charge >= 0.3 is 0 Å². The van der Waals surface area contributed by atoms with E-state index in [1.54, 1.807) is 0 Å². The Morgan fingerprint density at radius 1 is 1.13 bits per heavy atom. The van der Waals surface area contributed by atoms with Gasteiger partial charge in [0.2, 0.25) is 5.91 Å². The third-order valence-electron chi connectivity index (χ3n) is 5.53. The number of benzene rings is 1. The maximum absolute atomic E-state index is 14.0. The molecular formula is C22H19F2N5O2. The van der Waals surface area contributed by atoms with Gasteiger partial charge in [-0.3, -0.25) is 9.20 Å². The summed E-state index contributed by atoms with van der Waals surface area (Å²) in [6.07, 6.45) is 5.28. The van der Waals surface area contributed by atoms with Crippen molar-refractivity contribution in [1.82, 2.24) is 24.5 Å². The van der Waals surface area contributed by atoms with E-state index in [0.717, 1.165) is 36.4 Å². The predicted octanol–water partition coefficient (Wildman–Crippen LogP) is 3.96. The van der Waals surface area contributed by atoms with Crippen LogP contribution in [0.1, 0.15) is 37.0 Å². The summed E-state index contributed by atoms with van der Waals surface area (Å²) in [5.41, 5.74) is 0.482. The Morgan fingerprint density at radius 2 is 1.97 bits per heavy atom. The molecule has 5 rings (SSSR count). The van der Waals surface area contributed by atoms with Crippen molar-refractivity contribution in [3.05, 3.63) is 72.1 Å². The molecule has 9 heteroatoms. The van der Waals surface area contributed by atoms with Gasteiger partial charge in [-0.1, -0.05) is 12.1 Å². The second kappa shape index (κ2) is 7.90. The van der Waals surface area contributed by atoms with E-state index in [1.165, 1.54) is 12.3 Å². The van der Waals surface area contributed by atoms with Crippen molar-refractivity contribution in [2.75, 3.05) is 6.54 Å². The van der Waals surface area contributed by atoms with Crippen LogP contribution in [-0.4, -0.2) is 36.9 Å². The minimum atomic E-state index is -0.723. The molecule has 1 atom stereocenters. The van der Waals surface area contributed by atoms with Crippen molar-refractivity contribution >= 4 is 11.6 Å². The van der Waals surface area contributed by atoms with Crippen molar-refractivity contribution in [3.8, 4) is 11.3 Å². The number of rotatable bonds is 5. The maximum atomic E-state index is 14.0. The summed E-state index contributed by atoms with van der Waals surface area (Å²) in [5, 5.41) is 8.48. The third kappa shape index (κ3) is 3.56. The minimum Gasteiger partial charge on any atom is -0.441 e. The van der Waals surface area contributed by atoms with Crippen LogP contribution in [0.3, 0.4) is 0 Å². The molecule has 1 aliphatic heterocycles. The number of aryl methyl sites for hydroxylation is 1. The molecule has 4 heterocycles. The summed E-state index contributed by atoms with van der Waals surface area (Å²) >= 11 is 0. The molecule has 1 amide bonds. The first-order valence-corrected chi connectivity index (χ1v) is 10.1. The third-order valence-corrected chi connectivity index (χ3v) is 5.53. The van der Waals surface area contributed by atoms with Gasteiger partial charge in [-0.2, -0.15) is 0 Å². The molecule has 4 aromatic rings. The molecule has 31 heavy (non-hydrogen) atoms. The molecule has 0 N–H and O–H groups in total. The lowest BCUT2D eigenvalue weighted by Gasteiger charge is -2.23. The molecule has 7 nitrogen and oxygen atoms in total. The number of nitrogens with zero attached hydrogens (tertiary/aromatic N) is 5. The fourth-order valence-electron chi connectivity index (χ4n) is 4.05. The molecule has 1 aliphatic rings. The van der Waals surface area contributed by atoms with Crippen LogP contribution in [0.4, 0.5) is 8.78 Å². The first-order chi connectivity index (χ1) is 15.1. The van der Waals surface area contributed by atoms with Crippen molar-refractivity contribution in [1.29, 1.82) is 0 Å². The zero-order valence-electron chi connectivity index (χ0n) is 16.5. The molecule has 0 spiro atoms. The highest BCUT2D eigenvalue weighted by molar-refractivity contribution is 5.77. The lowest BCUT2D eigenvalue weighted by Crippen LogP contribution is -2.31. The standard InChI is InChI=1S/C22H19F2N5O2/c23-14-5-3-6-15(24)21(14)17-13-25-19(31-17)9-10-20(30)28-12-4-7-16(28)22-27-26-18-8-1-2-11-29(18)22/h1-3,5-6,8,11,13,16H,4,7,9-10,12H2/t16-/m1/s1. The Kier molecular flexibility index (Phi) is 4.93. The van der Waals surface area contributed by atoms with Crippen molar-refractivity contribution in [2.45, 2.75) is 31.7 Å². The van der Waals surface area contributed by atoms with Crippen LogP contribution in [0.25, 0.3) is 17.0 Å². The zero-order chi connectivity index (χ0) is 21.4. The Labute approximate surface area is 176 Å². The number of aromatic nitrogens is 4. The van der Waals surface area contributed by atoms with E-state index in [9.17, 15) is 13.6 Å². The number of amides is 1. The summed E-state index contributed by atoms with van der Waals surface area (Å²) in [6, 6.07) is 9.13. The van der Waals surface area contributed by atoms with Gasteiger partial charge in [0, 0.05) is 25.6 Å². The summed E-state index contributed by atoms with van der Waals surface area (Å²) in [6.45, 7) is 0.641. The lowest BCUT2D eigenvalue weighted by molar-refractivity contribution is -0.132. The van der Waals surface area contributed by atoms with E-state index in [2.05, 4.69) is 15.2 Å². The van der Waals surface area contributed by atoms with Crippen LogP contribution >= 0.6 is 0 Å². The number of halogens is 2. The van der Waals surface area contributed by atoms with Gasteiger partial charge in [0.05, 0.1) is 17.8 Å². The Balaban J connectivity index is 1.29. The predicted molar refractivity (Wildman–Crippen MR) is 107 cm³/mol. The number of carbonyl (C=O) groups excluding carboxylic acids is 1. The SMILES string of the molecule is O=C(CCc1ncc(-c2c(F)cccc2F)o1)N1CCC[C@@H]1c1nnc2ccccn12. The van der Waals surface area contributed by atoms with Gasteiger partial charge in [-0.15, -0.1) is 10.2 Å². The quantitative estimate of drug-likeness (QED) is 0.486. The second-order valence-electron chi connectivity index (χ2n) is 7.45. The average Bonchev–Trinajstić information content (AvgIpc) is 3.51. The molecule has 158 valence electrons. The van der Waals surface area contributed by atoms with Crippen LogP contribution in [0.5, 0.6) is 0 Å². The van der Waals surface area contributed by atoms with E-state index < -0.39 is 11.6 Å². The van der Waals surface area contributed by atoms with Crippen LogP contribution in [0, 0.1) is 11.6 Å². The summed E-state index contributed by atoms with van der Waals surface area (Å²) < 4.78 is 35.3. The fourth-order valence-corrected chi connectivity index (χ4v) is 4.05. The summed E-state index contributed by atoms with van der Waals surface area (Å²) in [7, 11) is 0. The van der Waals surface area contributed by atoms with Gasteiger partial charge < -0.3 is 9.32 Å². The molecule has 0 saturated carbocycles. The van der Waals surface area contributed by atoms with E-state index in [0.29, 0.717) is 6.54 Å². The second-order valence-corrected chi connectivity index (χ2v) is 7.45. The molecule has 1 aromatic carbocycles. The number of fused-ring (bicyclic) bond motifs is 1. The largest absolute Gasteiger partial charge is 0.441 e. The first-order valence-electron chi connectivity index (χ1n) is 10.1. The number of likely N-dealkylation sites (tertiary alicyclic amines) is 1. The van der Waals surface area contributed by atoms with Crippen LogP contribution in [0.2, 0.25) is 0 Å². The Bertz CT molecular complexity index is 1230. The van der Waals surface area contributed by atoms with E-state index in [-0.39, 0.29) is 42.0 Å². The maximum Gasteiger partial charge on any atom is 0.223 e. The first kappa shape index (κ1) is 19.3. The van der Waals surface area contributed by atoms with E-state index in [1.807, 2.05) is 33.7 Å². The highest BCUT2D eigenvalue weighted by Crippen LogP contribution is 2.32. The lowest BCUT2D eigenvalue weighted by atomic mass is 10.1. The summed E-state index contributed by atoms with van der Waals surface area (Å²) in [4.78, 5) is 18.8.